The Morgan fingerprint density at radius 2 is 2.06 bits per heavy atom. The first-order valence-corrected chi connectivity index (χ1v) is 6.85. The van der Waals surface area contributed by atoms with Crippen LogP contribution in [0.25, 0.3) is 0 Å². The molecule has 0 radical (unpaired) electrons. The molecule has 1 atom stereocenters. The largest absolute Gasteiger partial charge is 0.310 e. The molecule has 1 aromatic rings. The lowest BCUT2D eigenvalue weighted by Crippen LogP contribution is -2.30. The van der Waals surface area contributed by atoms with Gasteiger partial charge < -0.3 is 10.2 Å². The average Bonchev–Trinajstić information content (AvgIpc) is 2.63. The highest BCUT2D eigenvalue weighted by molar-refractivity contribution is 5.19. The van der Waals surface area contributed by atoms with Gasteiger partial charge in [-0.05, 0) is 54.3 Å². The molecule has 0 aliphatic carbocycles. The number of nitrogens with zero attached hydrogens (tertiary/aromatic N) is 3. The van der Waals surface area contributed by atoms with Crippen molar-refractivity contribution < 1.29 is 0 Å². The van der Waals surface area contributed by atoms with Crippen LogP contribution in [0, 0.1) is 6.92 Å². The Bertz CT molecular complexity index is 357. The molecule has 1 rings (SSSR count). The molecule has 1 heterocycles. The second kappa shape index (κ2) is 6.90. The molecule has 0 bridgehead atoms. The van der Waals surface area contributed by atoms with E-state index in [1.807, 2.05) is 11.7 Å². The molecular formula is C14H28N4. The van der Waals surface area contributed by atoms with Crippen LogP contribution in [0.4, 0.5) is 0 Å². The monoisotopic (exact) mass is 252 g/mol. The second-order valence-electron chi connectivity index (χ2n) is 5.45. The van der Waals surface area contributed by atoms with E-state index in [0.717, 1.165) is 18.8 Å². The Kier molecular flexibility index (Phi) is 5.82. The van der Waals surface area contributed by atoms with E-state index >= 15 is 0 Å². The molecule has 0 aliphatic heterocycles. The summed E-state index contributed by atoms with van der Waals surface area (Å²) < 4.78 is 1.88. The third kappa shape index (κ3) is 4.42. The van der Waals surface area contributed by atoms with Crippen LogP contribution in [0.1, 0.15) is 44.5 Å². The molecule has 0 spiro atoms. The van der Waals surface area contributed by atoms with Crippen molar-refractivity contribution in [2.24, 2.45) is 7.05 Å². The quantitative estimate of drug-likeness (QED) is 0.755. The van der Waals surface area contributed by atoms with E-state index in [9.17, 15) is 0 Å². The van der Waals surface area contributed by atoms with Crippen LogP contribution in [0.2, 0.25) is 0 Å². The molecular weight excluding hydrogens is 224 g/mol. The van der Waals surface area contributed by atoms with Crippen LogP contribution in [0.3, 0.4) is 0 Å². The van der Waals surface area contributed by atoms with Gasteiger partial charge in [0.1, 0.15) is 0 Å². The molecule has 1 N–H and O–H groups in total. The number of rotatable bonds is 7. The molecule has 0 aromatic carbocycles. The van der Waals surface area contributed by atoms with E-state index in [0.29, 0.717) is 12.1 Å². The number of nitrogens with one attached hydrogen (secondary N) is 1. The zero-order valence-electron chi connectivity index (χ0n) is 12.7. The van der Waals surface area contributed by atoms with Crippen molar-refractivity contribution in [1.82, 2.24) is 20.0 Å². The Morgan fingerprint density at radius 3 is 2.56 bits per heavy atom. The topological polar surface area (TPSA) is 33.1 Å². The average molecular weight is 252 g/mol. The third-order valence-electron chi connectivity index (χ3n) is 3.54. The number of hydrogen-bond acceptors (Lipinski definition) is 3. The van der Waals surface area contributed by atoms with E-state index in [-0.39, 0.29) is 0 Å². The maximum absolute atomic E-state index is 4.38. The van der Waals surface area contributed by atoms with Crippen LogP contribution >= 0.6 is 0 Å². The van der Waals surface area contributed by atoms with Crippen LogP contribution in [0.15, 0.2) is 6.20 Å². The first-order chi connectivity index (χ1) is 8.41. The van der Waals surface area contributed by atoms with Gasteiger partial charge in [0.15, 0.2) is 0 Å². The molecule has 104 valence electrons. The fourth-order valence-electron chi connectivity index (χ4n) is 2.06. The minimum Gasteiger partial charge on any atom is -0.310 e. The normalized spacial score (nSPS) is 13.6. The summed E-state index contributed by atoms with van der Waals surface area (Å²) in [5.74, 6) is 0. The minimum absolute atomic E-state index is 0.378. The van der Waals surface area contributed by atoms with Gasteiger partial charge in [0, 0.05) is 30.9 Å². The minimum atomic E-state index is 0.378. The molecule has 0 saturated heterocycles. The standard InChI is InChI=1S/C14H28N4/c1-11(2)17(5)9-7-8-15-12(3)14-10-18(6)16-13(14)4/h10-12,15H,7-9H2,1-6H3. The second-order valence-corrected chi connectivity index (χ2v) is 5.45. The first kappa shape index (κ1) is 15.2. The molecule has 0 aliphatic rings. The molecule has 4 nitrogen and oxygen atoms in total. The van der Waals surface area contributed by atoms with Crippen LogP contribution < -0.4 is 5.32 Å². The Morgan fingerprint density at radius 1 is 1.39 bits per heavy atom. The van der Waals surface area contributed by atoms with Gasteiger partial charge in [0.05, 0.1) is 5.69 Å². The van der Waals surface area contributed by atoms with Gasteiger partial charge in [0.2, 0.25) is 0 Å². The van der Waals surface area contributed by atoms with Crippen molar-refractivity contribution in [3.63, 3.8) is 0 Å². The van der Waals surface area contributed by atoms with Crippen molar-refractivity contribution in [2.75, 3.05) is 20.1 Å². The smallest absolute Gasteiger partial charge is 0.0641 e. The third-order valence-corrected chi connectivity index (χ3v) is 3.54. The van der Waals surface area contributed by atoms with E-state index in [4.69, 9.17) is 0 Å². The lowest BCUT2D eigenvalue weighted by molar-refractivity contribution is 0.268. The number of aromatic nitrogens is 2. The van der Waals surface area contributed by atoms with Crippen molar-refractivity contribution in [3.05, 3.63) is 17.5 Å². The lowest BCUT2D eigenvalue weighted by atomic mass is 10.1. The van der Waals surface area contributed by atoms with E-state index in [1.54, 1.807) is 0 Å². The van der Waals surface area contributed by atoms with Crippen LogP contribution in [-0.4, -0.2) is 40.9 Å². The molecule has 1 unspecified atom stereocenters. The highest BCUT2D eigenvalue weighted by Gasteiger charge is 2.11. The molecule has 1 aromatic heterocycles. The maximum Gasteiger partial charge on any atom is 0.0641 e. The van der Waals surface area contributed by atoms with E-state index in [1.165, 1.54) is 12.0 Å². The summed E-state index contributed by atoms with van der Waals surface area (Å²) in [5, 5.41) is 7.95. The summed E-state index contributed by atoms with van der Waals surface area (Å²) in [4.78, 5) is 2.38. The molecule has 0 amide bonds. The molecule has 18 heavy (non-hydrogen) atoms. The fourth-order valence-corrected chi connectivity index (χ4v) is 2.06. The fraction of sp³-hybridized carbons (Fsp3) is 0.786. The van der Waals surface area contributed by atoms with Crippen molar-refractivity contribution >= 4 is 0 Å². The molecule has 4 heteroatoms. The summed E-state index contributed by atoms with van der Waals surface area (Å²) in [6.07, 6.45) is 3.28. The SMILES string of the molecule is Cc1nn(C)cc1C(C)NCCCN(C)C(C)C. The zero-order chi connectivity index (χ0) is 13.7. The predicted molar refractivity (Wildman–Crippen MR) is 76.7 cm³/mol. The molecule has 0 saturated carbocycles. The summed E-state index contributed by atoms with van der Waals surface area (Å²) in [7, 11) is 4.15. The van der Waals surface area contributed by atoms with Crippen molar-refractivity contribution in [2.45, 2.75) is 46.2 Å². The zero-order valence-corrected chi connectivity index (χ0v) is 12.7. The van der Waals surface area contributed by atoms with Gasteiger partial charge >= 0.3 is 0 Å². The van der Waals surface area contributed by atoms with E-state index < -0.39 is 0 Å². The summed E-state index contributed by atoms with van der Waals surface area (Å²) in [6.45, 7) is 10.9. The van der Waals surface area contributed by atoms with Crippen molar-refractivity contribution in [1.29, 1.82) is 0 Å². The maximum atomic E-state index is 4.38. The molecule has 0 fully saturated rings. The predicted octanol–water partition coefficient (Wildman–Crippen LogP) is 2.11. The number of aryl methyl sites for hydroxylation is 2. The van der Waals surface area contributed by atoms with Crippen LogP contribution in [0.5, 0.6) is 0 Å². The van der Waals surface area contributed by atoms with Crippen LogP contribution in [-0.2, 0) is 7.05 Å². The lowest BCUT2D eigenvalue weighted by Gasteiger charge is -2.21. The Hall–Kier alpha value is -0.870. The van der Waals surface area contributed by atoms with Gasteiger partial charge in [-0.15, -0.1) is 0 Å². The Balaban J connectivity index is 2.29. The summed E-state index contributed by atoms with van der Waals surface area (Å²) in [5.41, 5.74) is 2.42. The van der Waals surface area contributed by atoms with Gasteiger partial charge in [-0.3, -0.25) is 4.68 Å². The highest BCUT2D eigenvalue weighted by Crippen LogP contribution is 2.15. The van der Waals surface area contributed by atoms with Gasteiger partial charge in [-0.1, -0.05) is 0 Å². The first-order valence-electron chi connectivity index (χ1n) is 6.85. The van der Waals surface area contributed by atoms with Gasteiger partial charge in [-0.2, -0.15) is 5.10 Å². The van der Waals surface area contributed by atoms with Crippen molar-refractivity contribution in [3.8, 4) is 0 Å². The number of hydrogen-bond donors (Lipinski definition) is 1. The Labute approximate surface area is 111 Å². The van der Waals surface area contributed by atoms with Gasteiger partial charge in [0.25, 0.3) is 0 Å². The van der Waals surface area contributed by atoms with E-state index in [2.05, 4.69) is 56.3 Å². The summed E-state index contributed by atoms with van der Waals surface area (Å²) in [6, 6.07) is 1.01. The summed E-state index contributed by atoms with van der Waals surface area (Å²) >= 11 is 0. The van der Waals surface area contributed by atoms with Gasteiger partial charge in [-0.25, -0.2) is 0 Å². The highest BCUT2D eigenvalue weighted by atomic mass is 15.3.